The zero-order chi connectivity index (χ0) is 28.2. The lowest BCUT2D eigenvalue weighted by Gasteiger charge is -2.26. The van der Waals surface area contributed by atoms with Crippen molar-refractivity contribution in [3.63, 3.8) is 0 Å². The fraction of sp³-hybridized carbons (Fsp3) is 0. The van der Waals surface area contributed by atoms with Crippen LogP contribution in [-0.4, -0.2) is 21.7 Å². The van der Waals surface area contributed by atoms with E-state index < -0.39 is 7.12 Å². The van der Waals surface area contributed by atoms with E-state index in [0.717, 1.165) is 33.8 Å². The molecular weight excluding hydrogens is 535 g/mol. The van der Waals surface area contributed by atoms with E-state index in [-0.39, 0.29) is 0 Å². The molecule has 0 fully saturated rings. The third kappa shape index (κ3) is 4.00. The highest BCUT2D eigenvalue weighted by Crippen LogP contribution is 2.42. The topological polar surface area (TPSA) is 48.6 Å². The molecule has 0 radical (unpaired) electrons. The largest absolute Gasteiger partial charge is 0.488 e. The Hall–Kier alpha value is -4.88. The highest BCUT2D eigenvalue weighted by atomic mass is 32.1. The van der Waals surface area contributed by atoms with Crippen LogP contribution in [0, 0.1) is 0 Å². The summed E-state index contributed by atoms with van der Waals surface area (Å²) in [4.78, 5) is 2.24. The Kier molecular flexibility index (Phi) is 5.86. The van der Waals surface area contributed by atoms with Gasteiger partial charge in [-0.1, -0.05) is 72.8 Å². The van der Waals surface area contributed by atoms with Gasteiger partial charge in [-0.05, 0) is 72.2 Å². The molecule has 0 aliphatic heterocycles. The van der Waals surface area contributed by atoms with Crippen molar-refractivity contribution in [2.75, 3.05) is 4.90 Å². The smallest absolute Gasteiger partial charge is 0.423 e. The summed E-state index contributed by atoms with van der Waals surface area (Å²) in [6, 6.07) is 48.3. The van der Waals surface area contributed by atoms with Gasteiger partial charge in [0.1, 0.15) is 0 Å². The van der Waals surface area contributed by atoms with Gasteiger partial charge >= 0.3 is 7.12 Å². The number of aromatic nitrogens is 1. The average molecular weight is 560 g/mol. The third-order valence-electron chi connectivity index (χ3n) is 8.00. The molecule has 4 nitrogen and oxygen atoms in total. The lowest BCUT2D eigenvalue weighted by atomic mass is 9.80. The number of rotatable bonds is 5. The van der Waals surface area contributed by atoms with Crippen LogP contribution in [0.4, 0.5) is 17.1 Å². The molecule has 2 N–H and O–H groups in total. The number of hydrogen-bond acceptors (Lipinski definition) is 4. The molecule has 6 heteroatoms. The molecule has 2 aromatic heterocycles. The zero-order valence-corrected chi connectivity index (χ0v) is 23.4. The van der Waals surface area contributed by atoms with Crippen LogP contribution >= 0.6 is 11.3 Å². The average Bonchev–Trinajstić information content (AvgIpc) is 3.57. The Morgan fingerprint density at radius 3 is 1.93 bits per heavy atom. The normalized spacial score (nSPS) is 11.6. The van der Waals surface area contributed by atoms with Gasteiger partial charge in [-0.2, -0.15) is 0 Å². The second kappa shape index (κ2) is 9.89. The van der Waals surface area contributed by atoms with Gasteiger partial charge in [0, 0.05) is 53.7 Å². The maximum atomic E-state index is 9.73. The van der Waals surface area contributed by atoms with Crippen molar-refractivity contribution in [3.05, 3.63) is 140 Å². The van der Waals surface area contributed by atoms with Gasteiger partial charge in [-0.15, -0.1) is 11.3 Å². The molecule has 0 amide bonds. The summed E-state index contributed by atoms with van der Waals surface area (Å²) >= 11 is 1.80. The van der Waals surface area contributed by atoms with E-state index in [1.807, 2.05) is 18.2 Å². The van der Waals surface area contributed by atoms with Crippen molar-refractivity contribution in [1.29, 1.82) is 0 Å². The first kappa shape index (κ1) is 24.9. The first-order chi connectivity index (χ1) is 20.7. The van der Waals surface area contributed by atoms with Crippen LogP contribution in [0.25, 0.3) is 47.7 Å². The zero-order valence-electron chi connectivity index (χ0n) is 22.6. The van der Waals surface area contributed by atoms with Crippen LogP contribution in [0.3, 0.4) is 0 Å². The number of fused-ring (bicyclic) bond motifs is 6. The van der Waals surface area contributed by atoms with Gasteiger partial charge in [-0.25, -0.2) is 0 Å². The molecule has 2 heterocycles. The molecule has 8 rings (SSSR count). The number of anilines is 3. The molecule has 0 aliphatic rings. The van der Waals surface area contributed by atoms with Crippen molar-refractivity contribution in [2.24, 2.45) is 0 Å². The Bertz CT molecular complexity index is 2240. The highest BCUT2D eigenvalue weighted by Gasteiger charge is 2.19. The lowest BCUT2D eigenvalue weighted by Crippen LogP contribution is -2.29. The number of thiophene rings is 1. The van der Waals surface area contributed by atoms with Gasteiger partial charge in [0.15, 0.2) is 0 Å². The minimum absolute atomic E-state index is 0.458. The number of nitrogens with zero attached hydrogens (tertiary/aromatic N) is 2. The second-order valence-corrected chi connectivity index (χ2v) is 11.6. The van der Waals surface area contributed by atoms with Crippen LogP contribution in [0.15, 0.2) is 140 Å². The van der Waals surface area contributed by atoms with E-state index in [4.69, 9.17) is 0 Å². The van der Waals surface area contributed by atoms with Crippen molar-refractivity contribution in [2.45, 2.75) is 0 Å². The van der Waals surface area contributed by atoms with E-state index in [2.05, 4.69) is 119 Å². The highest BCUT2D eigenvalue weighted by molar-refractivity contribution is 7.25. The Morgan fingerprint density at radius 2 is 1.12 bits per heavy atom. The molecule has 6 aromatic carbocycles. The van der Waals surface area contributed by atoms with E-state index in [1.165, 1.54) is 30.9 Å². The van der Waals surface area contributed by atoms with Crippen LogP contribution < -0.4 is 10.4 Å². The monoisotopic (exact) mass is 560 g/mol. The number of para-hydroxylation sites is 2. The summed E-state index contributed by atoms with van der Waals surface area (Å²) in [6.45, 7) is 0. The van der Waals surface area contributed by atoms with Gasteiger partial charge in [-0.3, -0.25) is 0 Å². The fourth-order valence-corrected chi connectivity index (χ4v) is 7.19. The second-order valence-electron chi connectivity index (χ2n) is 10.5. The first-order valence-corrected chi connectivity index (χ1v) is 14.7. The minimum atomic E-state index is -1.51. The van der Waals surface area contributed by atoms with Crippen LogP contribution in [0.2, 0.25) is 0 Å². The molecule has 8 aromatic rings. The maximum absolute atomic E-state index is 9.73. The van der Waals surface area contributed by atoms with Gasteiger partial charge in [0.05, 0.1) is 11.0 Å². The summed E-state index contributed by atoms with van der Waals surface area (Å²) in [5.74, 6) is 0. The Balaban J connectivity index is 1.36. The fourth-order valence-electron chi connectivity index (χ4n) is 6.05. The number of benzene rings is 6. The predicted octanol–water partition coefficient (Wildman–Crippen LogP) is 8.30. The SMILES string of the molecule is OB(O)c1ccc(N(c2ccc3c(c2)sc2ccccc23)c2ccc3c(c2)c2ccccc2n3-c2ccccc2)cc1. The summed E-state index contributed by atoms with van der Waals surface area (Å²) in [5.41, 5.74) is 6.89. The molecule has 200 valence electrons. The van der Waals surface area contributed by atoms with Gasteiger partial charge < -0.3 is 19.5 Å². The summed E-state index contributed by atoms with van der Waals surface area (Å²) < 4.78 is 4.81. The molecule has 42 heavy (non-hydrogen) atoms. The summed E-state index contributed by atoms with van der Waals surface area (Å²) in [6.07, 6.45) is 0. The third-order valence-corrected chi connectivity index (χ3v) is 9.13. The van der Waals surface area contributed by atoms with Crippen molar-refractivity contribution in [3.8, 4) is 5.69 Å². The first-order valence-electron chi connectivity index (χ1n) is 13.9. The van der Waals surface area contributed by atoms with Crippen molar-refractivity contribution < 1.29 is 10.0 Å². The molecule has 0 saturated carbocycles. The molecule has 0 bridgehead atoms. The minimum Gasteiger partial charge on any atom is -0.423 e. The molecular formula is C36H25BN2O2S. The van der Waals surface area contributed by atoms with E-state index in [1.54, 1.807) is 23.5 Å². The summed E-state index contributed by atoms with van der Waals surface area (Å²) in [7, 11) is -1.51. The van der Waals surface area contributed by atoms with Crippen molar-refractivity contribution >= 4 is 83.0 Å². The standard InChI is InChI=1S/C36H25BN2O2S/c40-37(41)24-14-16-26(17-15-24)38(28-18-20-31-30-11-5-7-13-35(30)42-36(31)23-28)27-19-21-34-32(22-27)29-10-4-6-12-33(29)39(34)25-8-2-1-3-9-25/h1-23,40-41H. The molecule has 0 atom stereocenters. The van der Waals surface area contributed by atoms with E-state index in [9.17, 15) is 10.0 Å². The van der Waals surface area contributed by atoms with Crippen molar-refractivity contribution in [1.82, 2.24) is 4.57 Å². The van der Waals surface area contributed by atoms with Crippen LogP contribution in [-0.2, 0) is 0 Å². The predicted molar refractivity (Wildman–Crippen MR) is 178 cm³/mol. The van der Waals surface area contributed by atoms with Gasteiger partial charge in [0.2, 0.25) is 0 Å². The molecule has 0 spiro atoms. The molecule has 0 unspecified atom stereocenters. The summed E-state index contributed by atoms with van der Waals surface area (Å²) in [5, 5.41) is 24.3. The quantitative estimate of drug-likeness (QED) is 0.208. The van der Waals surface area contributed by atoms with Crippen LogP contribution in [0.1, 0.15) is 0 Å². The molecule has 0 saturated heterocycles. The van der Waals surface area contributed by atoms with E-state index >= 15 is 0 Å². The maximum Gasteiger partial charge on any atom is 0.488 e. The van der Waals surface area contributed by atoms with Gasteiger partial charge in [0.25, 0.3) is 0 Å². The number of hydrogen-bond donors (Lipinski definition) is 2. The molecule has 0 aliphatic carbocycles. The van der Waals surface area contributed by atoms with Crippen LogP contribution in [0.5, 0.6) is 0 Å². The Labute approximate surface area is 247 Å². The Morgan fingerprint density at radius 1 is 0.500 bits per heavy atom. The van der Waals surface area contributed by atoms with E-state index in [0.29, 0.717) is 5.46 Å². The lowest BCUT2D eigenvalue weighted by molar-refractivity contribution is 0.426.